The minimum absolute atomic E-state index is 0.00239. The topological polar surface area (TPSA) is 67.4 Å². The quantitative estimate of drug-likeness (QED) is 0.587. The van der Waals surface area contributed by atoms with Crippen LogP contribution in [0.5, 0.6) is 11.5 Å². The molecule has 29 heavy (non-hydrogen) atoms. The third-order valence-electron chi connectivity index (χ3n) is 4.65. The Morgan fingerprint density at radius 1 is 1.00 bits per heavy atom. The zero-order valence-corrected chi connectivity index (χ0v) is 16.3. The third kappa shape index (κ3) is 4.58. The van der Waals surface area contributed by atoms with Gasteiger partial charge in [0.2, 0.25) is 5.91 Å². The number of halogens is 1. The maximum Gasteiger partial charge on any atom is 0.255 e. The van der Waals surface area contributed by atoms with E-state index in [0.29, 0.717) is 34.2 Å². The van der Waals surface area contributed by atoms with Gasteiger partial charge in [-0.3, -0.25) is 9.59 Å². The van der Waals surface area contributed by atoms with E-state index < -0.39 is 0 Å². The number of benzene rings is 3. The standard InChI is InChI=1S/C23H19ClN2O3/c24-17-10-12-21(29-18-6-2-1-3-7-18)20(14-17)26-23(28)16-9-11-19-15(13-16)5-4-8-22(27)25-19/h1-3,6-7,9-14H,4-5,8H2,(H,25,27)(H,26,28). The number of ether oxygens (including phenoxy) is 1. The molecule has 3 aromatic carbocycles. The van der Waals surface area contributed by atoms with Crippen LogP contribution in [0.3, 0.4) is 0 Å². The summed E-state index contributed by atoms with van der Waals surface area (Å²) in [5, 5.41) is 6.25. The number of rotatable bonds is 4. The molecule has 0 aliphatic carbocycles. The van der Waals surface area contributed by atoms with Crippen LogP contribution < -0.4 is 15.4 Å². The number of anilines is 2. The van der Waals surface area contributed by atoms with Gasteiger partial charge < -0.3 is 15.4 Å². The molecule has 0 bridgehead atoms. The molecule has 1 heterocycles. The smallest absolute Gasteiger partial charge is 0.255 e. The largest absolute Gasteiger partial charge is 0.455 e. The van der Waals surface area contributed by atoms with E-state index in [2.05, 4.69) is 10.6 Å². The summed E-state index contributed by atoms with van der Waals surface area (Å²) in [6, 6.07) is 19.7. The Bertz CT molecular complexity index is 1070. The van der Waals surface area contributed by atoms with Crippen LogP contribution in [-0.4, -0.2) is 11.8 Å². The molecule has 4 rings (SSSR count). The Balaban J connectivity index is 1.58. The summed E-state index contributed by atoms with van der Waals surface area (Å²) in [4.78, 5) is 24.6. The highest BCUT2D eigenvalue weighted by Crippen LogP contribution is 2.32. The molecule has 6 heteroatoms. The fourth-order valence-electron chi connectivity index (χ4n) is 3.21. The molecule has 2 amide bonds. The monoisotopic (exact) mass is 406 g/mol. The lowest BCUT2D eigenvalue weighted by Crippen LogP contribution is -2.14. The molecule has 3 aromatic rings. The molecule has 0 fully saturated rings. The summed E-state index contributed by atoms with van der Waals surface area (Å²) >= 11 is 6.13. The van der Waals surface area contributed by atoms with Gasteiger partial charge in [-0.15, -0.1) is 0 Å². The first-order chi connectivity index (χ1) is 14.1. The summed E-state index contributed by atoms with van der Waals surface area (Å²) in [7, 11) is 0. The van der Waals surface area contributed by atoms with Crippen LogP contribution in [-0.2, 0) is 11.2 Å². The lowest BCUT2D eigenvalue weighted by Gasteiger charge is -2.14. The summed E-state index contributed by atoms with van der Waals surface area (Å²) in [5.41, 5.74) is 2.70. The van der Waals surface area contributed by atoms with Gasteiger partial charge in [-0.2, -0.15) is 0 Å². The van der Waals surface area contributed by atoms with Crippen molar-refractivity contribution in [3.05, 3.63) is 82.9 Å². The SMILES string of the molecule is O=C1CCCc2cc(C(=O)Nc3cc(Cl)ccc3Oc3ccccc3)ccc2N1. The van der Waals surface area contributed by atoms with E-state index in [1.807, 2.05) is 36.4 Å². The Morgan fingerprint density at radius 3 is 2.66 bits per heavy atom. The normalized spacial score (nSPS) is 13.1. The lowest BCUT2D eigenvalue weighted by molar-refractivity contribution is -0.116. The summed E-state index contributed by atoms with van der Waals surface area (Å²) in [5.74, 6) is 0.883. The predicted octanol–water partition coefficient (Wildman–Crippen LogP) is 5.66. The molecular formula is C23H19ClN2O3. The molecule has 2 N–H and O–H groups in total. The molecular weight excluding hydrogens is 388 g/mol. The number of hydrogen-bond acceptors (Lipinski definition) is 3. The molecule has 0 spiro atoms. The van der Waals surface area contributed by atoms with Crippen LogP contribution in [0.15, 0.2) is 66.7 Å². The van der Waals surface area contributed by atoms with E-state index >= 15 is 0 Å². The first-order valence-corrected chi connectivity index (χ1v) is 9.73. The Labute approximate surface area is 173 Å². The maximum absolute atomic E-state index is 12.9. The highest BCUT2D eigenvalue weighted by atomic mass is 35.5. The number of fused-ring (bicyclic) bond motifs is 1. The molecule has 0 saturated carbocycles. The molecule has 0 atom stereocenters. The van der Waals surface area contributed by atoms with Gasteiger partial charge in [0.25, 0.3) is 5.91 Å². The fraction of sp³-hybridized carbons (Fsp3) is 0.130. The van der Waals surface area contributed by atoms with E-state index in [4.69, 9.17) is 16.3 Å². The van der Waals surface area contributed by atoms with E-state index in [-0.39, 0.29) is 11.8 Å². The van der Waals surface area contributed by atoms with Gasteiger partial charge in [0.15, 0.2) is 5.75 Å². The van der Waals surface area contributed by atoms with Crippen LogP contribution >= 0.6 is 11.6 Å². The average molecular weight is 407 g/mol. The van der Waals surface area contributed by atoms with Crippen molar-refractivity contribution in [2.75, 3.05) is 10.6 Å². The minimum Gasteiger partial charge on any atom is -0.455 e. The molecule has 1 aliphatic heterocycles. The second kappa shape index (κ2) is 8.37. The summed E-state index contributed by atoms with van der Waals surface area (Å²) < 4.78 is 5.90. The number of carbonyl (C=O) groups is 2. The molecule has 1 aliphatic rings. The van der Waals surface area contributed by atoms with Crippen molar-refractivity contribution in [3.63, 3.8) is 0 Å². The number of amides is 2. The summed E-state index contributed by atoms with van der Waals surface area (Å²) in [6.07, 6.45) is 1.99. The van der Waals surface area contributed by atoms with Crippen LogP contribution in [0.1, 0.15) is 28.8 Å². The molecule has 0 aromatic heterocycles. The molecule has 0 unspecified atom stereocenters. The zero-order chi connectivity index (χ0) is 20.2. The van der Waals surface area contributed by atoms with Gasteiger partial charge in [0.05, 0.1) is 5.69 Å². The van der Waals surface area contributed by atoms with Crippen molar-refractivity contribution in [2.24, 2.45) is 0 Å². The van der Waals surface area contributed by atoms with Crippen molar-refractivity contribution in [1.82, 2.24) is 0 Å². The van der Waals surface area contributed by atoms with Crippen molar-refractivity contribution in [1.29, 1.82) is 0 Å². The van der Waals surface area contributed by atoms with Gasteiger partial charge in [-0.05, 0) is 66.9 Å². The second-order valence-electron chi connectivity index (χ2n) is 6.78. The zero-order valence-electron chi connectivity index (χ0n) is 15.6. The first-order valence-electron chi connectivity index (χ1n) is 9.35. The maximum atomic E-state index is 12.9. The van der Waals surface area contributed by atoms with E-state index in [0.717, 1.165) is 24.1 Å². The lowest BCUT2D eigenvalue weighted by atomic mass is 10.0. The Morgan fingerprint density at radius 2 is 1.83 bits per heavy atom. The minimum atomic E-state index is -0.274. The number of carbonyl (C=O) groups excluding carboxylic acids is 2. The van der Waals surface area contributed by atoms with Crippen LogP contribution in [0.4, 0.5) is 11.4 Å². The van der Waals surface area contributed by atoms with Crippen LogP contribution in [0.2, 0.25) is 5.02 Å². The van der Waals surface area contributed by atoms with E-state index in [1.165, 1.54) is 0 Å². The van der Waals surface area contributed by atoms with Crippen molar-refractivity contribution in [2.45, 2.75) is 19.3 Å². The molecule has 0 radical (unpaired) electrons. The number of aryl methyl sites for hydroxylation is 1. The number of hydrogen-bond donors (Lipinski definition) is 2. The van der Waals surface area contributed by atoms with Gasteiger partial charge in [0.1, 0.15) is 5.75 Å². The van der Waals surface area contributed by atoms with Gasteiger partial charge in [-0.1, -0.05) is 29.8 Å². The van der Waals surface area contributed by atoms with Crippen molar-refractivity contribution in [3.8, 4) is 11.5 Å². The molecule has 146 valence electrons. The summed E-state index contributed by atoms with van der Waals surface area (Å²) in [6.45, 7) is 0. The third-order valence-corrected chi connectivity index (χ3v) is 4.89. The predicted molar refractivity (Wildman–Crippen MR) is 114 cm³/mol. The molecule has 5 nitrogen and oxygen atoms in total. The Kier molecular flexibility index (Phi) is 5.49. The van der Waals surface area contributed by atoms with Crippen molar-refractivity contribution < 1.29 is 14.3 Å². The fourth-order valence-corrected chi connectivity index (χ4v) is 3.39. The number of para-hydroxylation sites is 1. The van der Waals surface area contributed by atoms with Crippen LogP contribution in [0.25, 0.3) is 0 Å². The van der Waals surface area contributed by atoms with Gasteiger partial charge in [0, 0.05) is 22.7 Å². The highest BCUT2D eigenvalue weighted by Gasteiger charge is 2.16. The van der Waals surface area contributed by atoms with Crippen molar-refractivity contribution >= 4 is 34.8 Å². The van der Waals surface area contributed by atoms with Gasteiger partial charge in [-0.25, -0.2) is 0 Å². The first kappa shape index (κ1) is 19.0. The second-order valence-corrected chi connectivity index (χ2v) is 7.22. The highest BCUT2D eigenvalue weighted by molar-refractivity contribution is 6.31. The van der Waals surface area contributed by atoms with Gasteiger partial charge >= 0.3 is 0 Å². The Hall–Kier alpha value is -3.31. The van der Waals surface area contributed by atoms with E-state index in [9.17, 15) is 9.59 Å². The molecule has 0 saturated heterocycles. The van der Waals surface area contributed by atoms with E-state index in [1.54, 1.807) is 30.3 Å². The average Bonchev–Trinajstić information content (AvgIpc) is 2.90. The van der Waals surface area contributed by atoms with Crippen LogP contribution in [0, 0.1) is 0 Å². The number of nitrogens with one attached hydrogen (secondary N) is 2.